The molecule has 2 N–H and O–H groups in total. The van der Waals surface area contributed by atoms with Crippen molar-refractivity contribution in [3.63, 3.8) is 0 Å². The first-order valence-electron chi connectivity index (χ1n) is 9.48. The summed E-state index contributed by atoms with van der Waals surface area (Å²) in [5.74, 6) is -0.316. The number of nitrogens with zero attached hydrogens (tertiary/aromatic N) is 1. The van der Waals surface area contributed by atoms with Gasteiger partial charge in [0.05, 0.1) is 5.56 Å². The number of aryl methyl sites for hydroxylation is 2. The molecule has 150 valence electrons. The molecule has 2 aromatic carbocycles. The fourth-order valence-corrected chi connectivity index (χ4v) is 3.27. The van der Waals surface area contributed by atoms with Gasteiger partial charge in [-0.15, -0.1) is 12.4 Å². The fourth-order valence-electron chi connectivity index (χ4n) is 3.27. The quantitative estimate of drug-likeness (QED) is 0.730. The second-order valence-electron chi connectivity index (χ2n) is 7.02. The first-order valence-corrected chi connectivity index (χ1v) is 9.48. The summed E-state index contributed by atoms with van der Waals surface area (Å²) in [5, 5.41) is 6.28. The Kier molecular flexibility index (Phi) is 8.18. The Morgan fingerprint density at radius 1 is 1.00 bits per heavy atom. The molecule has 1 fully saturated rings. The van der Waals surface area contributed by atoms with Gasteiger partial charge in [-0.3, -0.25) is 14.5 Å². The van der Waals surface area contributed by atoms with Crippen molar-refractivity contribution < 1.29 is 9.59 Å². The molecule has 0 atom stereocenters. The van der Waals surface area contributed by atoms with Crippen LogP contribution in [-0.4, -0.2) is 55.9 Å². The molecular formula is C22H28ClN3O2. The highest BCUT2D eigenvalue weighted by molar-refractivity contribution is 6.15. The van der Waals surface area contributed by atoms with Crippen LogP contribution < -0.4 is 10.6 Å². The van der Waals surface area contributed by atoms with Crippen LogP contribution in [0.3, 0.4) is 0 Å². The van der Waals surface area contributed by atoms with Gasteiger partial charge in [0, 0.05) is 50.4 Å². The van der Waals surface area contributed by atoms with E-state index < -0.39 is 0 Å². The molecule has 1 heterocycles. The van der Waals surface area contributed by atoms with E-state index in [9.17, 15) is 9.59 Å². The molecule has 1 amide bonds. The first kappa shape index (κ1) is 22.1. The average Bonchev–Trinajstić information content (AvgIpc) is 2.70. The standard InChI is InChI=1S/C22H27N3O2.ClH/c1-16-7-8-18(15-17(16)2)21(26)19-5-3-4-6-20(19)22(27)24-11-14-25-12-9-23-10-13-25;/h3-8,15,23H,9-14H2,1-2H3,(H,24,27);1H. The van der Waals surface area contributed by atoms with E-state index >= 15 is 0 Å². The molecule has 3 rings (SSSR count). The largest absolute Gasteiger partial charge is 0.351 e. The number of benzene rings is 2. The van der Waals surface area contributed by atoms with Gasteiger partial charge >= 0.3 is 0 Å². The van der Waals surface area contributed by atoms with Crippen LogP contribution >= 0.6 is 12.4 Å². The molecule has 0 saturated carbocycles. The lowest BCUT2D eigenvalue weighted by Gasteiger charge is -2.27. The molecule has 0 aliphatic carbocycles. The average molecular weight is 402 g/mol. The molecule has 0 radical (unpaired) electrons. The van der Waals surface area contributed by atoms with Crippen LogP contribution in [0.15, 0.2) is 42.5 Å². The van der Waals surface area contributed by atoms with Crippen molar-refractivity contribution >= 4 is 24.1 Å². The third kappa shape index (κ3) is 5.41. The smallest absolute Gasteiger partial charge is 0.252 e. The highest BCUT2D eigenvalue weighted by Crippen LogP contribution is 2.17. The zero-order valence-corrected chi connectivity index (χ0v) is 17.3. The van der Waals surface area contributed by atoms with Crippen molar-refractivity contribution in [3.05, 3.63) is 70.3 Å². The Morgan fingerprint density at radius 2 is 1.68 bits per heavy atom. The number of rotatable bonds is 6. The van der Waals surface area contributed by atoms with Gasteiger partial charge in [-0.05, 0) is 37.1 Å². The van der Waals surface area contributed by atoms with Crippen molar-refractivity contribution in [2.75, 3.05) is 39.3 Å². The first-order chi connectivity index (χ1) is 13.1. The molecule has 1 aliphatic heterocycles. The van der Waals surface area contributed by atoms with Crippen LogP contribution in [0.5, 0.6) is 0 Å². The summed E-state index contributed by atoms with van der Waals surface area (Å²) in [6, 6.07) is 12.7. The van der Waals surface area contributed by atoms with Crippen LogP contribution in [0, 0.1) is 13.8 Å². The zero-order chi connectivity index (χ0) is 19.2. The monoisotopic (exact) mass is 401 g/mol. The second-order valence-corrected chi connectivity index (χ2v) is 7.02. The van der Waals surface area contributed by atoms with Gasteiger partial charge < -0.3 is 10.6 Å². The zero-order valence-electron chi connectivity index (χ0n) is 16.5. The lowest BCUT2D eigenvalue weighted by Crippen LogP contribution is -2.46. The Bertz CT molecular complexity index is 832. The van der Waals surface area contributed by atoms with E-state index in [0.29, 0.717) is 23.2 Å². The summed E-state index contributed by atoms with van der Waals surface area (Å²) in [6.07, 6.45) is 0. The summed E-state index contributed by atoms with van der Waals surface area (Å²) in [6.45, 7) is 9.37. The fraction of sp³-hybridized carbons (Fsp3) is 0.364. The minimum absolute atomic E-state index is 0. The number of ketones is 1. The molecule has 0 bridgehead atoms. The Balaban J connectivity index is 0.00000280. The van der Waals surface area contributed by atoms with E-state index in [1.54, 1.807) is 24.3 Å². The molecule has 0 unspecified atom stereocenters. The van der Waals surface area contributed by atoms with Crippen LogP contribution in [0.2, 0.25) is 0 Å². The Labute approximate surface area is 172 Å². The summed E-state index contributed by atoms with van der Waals surface area (Å²) in [4.78, 5) is 28.0. The van der Waals surface area contributed by atoms with Crippen LogP contribution in [-0.2, 0) is 0 Å². The number of piperazine rings is 1. The molecule has 1 aliphatic rings. The van der Waals surface area contributed by atoms with Crippen molar-refractivity contribution in [2.45, 2.75) is 13.8 Å². The minimum Gasteiger partial charge on any atom is -0.351 e. The van der Waals surface area contributed by atoms with Crippen molar-refractivity contribution in [2.24, 2.45) is 0 Å². The maximum absolute atomic E-state index is 13.0. The van der Waals surface area contributed by atoms with Gasteiger partial charge in [0.25, 0.3) is 5.91 Å². The lowest BCUT2D eigenvalue weighted by atomic mass is 9.95. The number of amides is 1. The van der Waals surface area contributed by atoms with Crippen molar-refractivity contribution in [3.8, 4) is 0 Å². The number of hydrogen-bond acceptors (Lipinski definition) is 4. The molecule has 0 spiro atoms. The van der Waals surface area contributed by atoms with E-state index in [4.69, 9.17) is 0 Å². The summed E-state index contributed by atoms with van der Waals surface area (Å²) >= 11 is 0. The predicted molar refractivity (Wildman–Crippen MR) is 115 cm³/mol. The van der Waals surface area contributed by atoms with E-state index in [2.05, 4.69) is 15.5 Å². The Morgan fingerprint density at radius 3 is 2.36 bits per heavy atom. The predicted octanol–water partition coefficient (Wildman–Crippen LogP) is 2.59. The second kappa shape index (κ2) is 10.4. The van der Waals surface area contributed by atoms with Gasteiger partial charge in [0.1, 0.15) is 0 Å². The van der Waals surface area contributed by atoms with Crippen LogP contribution in [0.25, 0.3) is 0 Å². The summed E-state index contributed by atoms with van der Waals surface area (Å²) < 4.78 is 0. The molecule has 28 heavy (non-hydrogen) atoms. The van der Waals surface area contributed by atoms with Gasteiger partial charge in [-0.2, -0.15) is 0 Å². The minimum atomic E-state index is -0.196. The molecule has 5 nitrogen and oxygen atoms in total. The number of halogens is 1. The molecule has 6 heteroatoms. The maximum atomic E-state index is 13.0. The third-order valence-electron chi connectivity index (χ3n) is 5.11. The highest BCUT2D eigenvalue weighted by atomic mass is 35.5. The summed E-state index contributed by atoms with van der Waals surface area (Å²) in [7, 11) is 0. The molecule has 0 aromatic heterocycles. The molecule has 1 saturated heterocycles. The molecular weight excluding hydrogens is 374 g/mol. The van der Waals surface area contributed by atoms with Gasteiger partial charge in [-0.25, -0.2) is 0 Å². The van der Waals surface area contributed by atoms with E-state index in [1.165, 1.54) is 0 Å². The molecule has 2 aromatic rings. The highest BCUT2D eigenvalue weighted by Gasteiger charge is 2.18. The van der Waals surface area contributed by atoms with E-state index in [0.717, 1.165) is 43.9 Å². The van der Waals surface area contributed by atoms with E-state index in [-0.39, 0.29) is 24.1 Å². The lowest BCUT2D eigenvalue weighted by molar-refractivity contribution is 0.0936. The van der Waals surface area contributed by atoms with Crippen LogP contribution in [0.1, 0.15) is 37.4 Å². The maximum Gasteiger partial charge on any atom is 0.252 e. The van der Waals surface area contributed by atoms with Gasteiger partial charge in [0.2, 0.25) is 0 Å². The topological polar surface area (TPSA) is 61.4 Å². The van der Waals surface area contributed by atoms with Gasteiger partial charge in [0.15, 0.2) is 5.78 Å². The third-order valence-corrected chi connectivity index (χ3v) is 5.11. The number of nitrogens with one attached hydrogen (secondary N) is 2. The SMILES string of the molecule is Cc1ccc(C(=O)c2ccccc2C(=O)NCCN2CCNCC2)cc1C.Cl. The summed E-state index contributed by atoms with van der Waals surface area (Å²) in [5.41, 5.74) is 3.70. The van der Waals surface area contributed by atoms with E-state index in [1.807, 2.05) is 32.0 Å². The Hall–Kier alpha value is -2.21. The van der Waals surface area contributed by atoms with Gasteiger partial charge in [-0.1, -0.05) is 30.3 Å². The number of carbonyl (C=O) groups is 2. The van der Waals surface area contributed by atoms with Crippen molar-refractivity contribution in [1.29, 1.82) is 0 Å². The number of hydrogen-bond donors (Lipinski definition) is 2. The normalized spacial score (nSPS) is 14.2. The van der Waals surface area contributed by atoms with Crippen molar-refractivity contribution in [1.82, 2.24) is 15.5 Å². The number of carbonyl (C=O) groups excluding carboxylic acids is 2. The van der Waals surface area contributed by atoms with Crippen LogP contribution in [0.4, 0.5) is 0 Å².